The van der Waals surface area contributed by atoms with Gasteiger partial charge in [-0.25, -0.2) is 0 Å². The van der Waals surface area contributed by atoms with Gasteiger partial charge in [0.1, 0.15) is 64.5 Å². The summed E-state index contributed by atoms with van der Waals surface area (Å²) in [5.74, 6) is -1.19. The molecule has 0 amide bonds. The Bertz CT molecular complexity index is 1170. The lowest BCUT2D eigenvalue weighted by atomic mass is 9.89. The molecule has 0 bridgehead atoms. The minimum Gasteiger partial charge on any atom is -0.508 e. The standard InChI is InChI=1S/C21H20O10/c22-7-14-17(26)19(28)20(29)21(31-14)16-11(25)6-13-15(18(16)27)10(24)5-12(30-13)8-1-3-9(23)4-2-8/h1-6,14,17,19-23,25-29H,7H2/t14-,17+,19-,20-,21+/m1/s1. The van der Waals surface area contributed by atoms with Crippen molar-refractivity contribution in [1.82, 2.24) is 0 Å². The number of aromatic hydroxyl groups is 3. The predicted molar refractivity (Wildman–Crippen MR) is 106 cm³/mol. The van der Waals surface area contributed by atoms with E-state index < -0.39 is 59.6 Å². The number of hydrogen-bond acceptors (Lipinski definition) is 10. The van der Waals surface area contributed by atoms with Crippen LogP contribution in [0.15, 0.2) is 45.6 Å². The Morgan fingerprint density at radius 2 is 1.58 bits per heavy atom. The number of fused-ring (bicyclic) bond motifs is 1. The minimum absolute atomic E-state index is 0.0198. The van der Waals surface area contributed by atoms with Crippen molar-refractivity contribution in [3.63, 3.8) is 0 Å². The van der Waals surface area contributed by atoms with Gasteiger partial charge in [-0.15, -0.1) is 0 Å². The topological polar surface area (TPSA) is 181 Å². The molecule has 1 saturated heterocycles. The molecule has 3 aromatic rings. The number of ether oxygens (including phenoxy) is 1. The van der Waals surface area contributed by atoms with E-state index in [1.54, 1.807) is 0 Å². The first-order valence-electron chi connectivity index (χ1n) is 9.35. The smallest absolute Gasteiger partial charge is 0.197 e. The van der Waals surface area contributed by atoms with Gasteiger partial charge in [0, 0.05) is 17.7 Å². The zero-order valence-corrected chi connectivity index (χ0v) is 15.9. The van der Waals surface area contributed by atoms with Crippen molar-refractivity contribution < 1.29 is 44.9 Å². The molecule has 164 valence electrons. The SMILES string of the molecule is O=c1cc(-c2ccc(O)cc2)oc2cc(O)c([C@@H]3O[C@H](CO)[C@H](O)[C@@H](O)[C@H]3O)c(O)c12. The van der Waals surface area contributed by atoms with Gasteiger partial charge in [0.05, 0.1) is 12.2 Å². The van der Waals surface area contributed by atoms with Crippen LogP contribution in [0.4, 0.5) is 0 Å². The minimum atomic E-state index is -1.77. The summed E-state index contributed by atoms with van der Waals surface area (Å²) in [5, 5.41) is 70.0. The molecule has 2 heterocycles. The number of rotatable bonds is 3. The van der Waals surface area contributed by atoms with Gasteiger partial charge in [-0.1, -0.05) is 0 Å². The van der Waals surface area contributed by atoms with Gasteiger partial charge in [-0.05, 0) is 24.3 Å². The Kier molecular flexibility index (Phi) is 5.33. The summed E-state index contributed by atoms with van der Waals surface area (Å²) in [6.45, 7) is -0.700. The maximum Gasteiger partial charge on any atom is 0.197 e. The van der Waals surface area contributed by atoms with Crippen LogP contribution in [-0.2, 0) is 4.74 Å². The van der Waals surface area contributed by atoms with Crippen molar-refractivity contribution in [2.45, 2.75) is 30.5 Å². The van der Waals surface area contributed by atoms with Gasteiger partial charge in [-0.2, -0.15) is 0 Å². The third kappa shape index (κ3) is 3.50. The van der Waals surface area contributed by atoms with Crippen LogP contribution in [-0.4, -0.2) is 66.8 Å². The molecule has 1 aliphatic heterocycles. The lowest BCUT2D eigenvalue weighted by molar-refractivity contribution is -0.232. The summed E-state index contributed by atoms with van der Waals surface area (Å²) in [5.41, 5.74) is -0.741. The highest BCUT2D eigenvalue weighted by molar-refractivity contribution is 5.88. The summed E-state index contributed by atoms with van der Waals surface area (Å²) in [4.78, 5) is 12.7. The zero-order valence-electron chi connectivity index (χ0n) is 15.9. The molecule has 2 aromatic carbocycles. The molecule has 1 aliphatic rings. The molecule has 5 atom stereocenters. The lowest BCUT2D eigenvalue weighted by Gasteiger charge is -2.40. The largest absolute Gasteiger partial charge is 0.508 e. The monoisotopic (exact) mass is 432 g/mol. The van der Waals surface area contributed by atoms with Crippen LogP contribution in [0.5, 0.6) is 17.2 Å². The molecule has 4 rings (SSSR count). The fourth-order valence-corrected chi connectivity index (χ4v) is 3.69. The highest BCUT2D eigenvalue weighted by Gasteiger charge is 2.46. The van der Waals surface area contributed by atoms with E-state index in [0.717, 1.165) is 12.1 Å². The Morgan fingerprint density at radius 1 is 0.903 bits per heavy atom. The molecule has 1 fully saturated rings. The highest BCUT2D eigenvalue weighted by Crippen LogP contribution is 2.44. The number of aliphatic hydroxyl groups is 4. The van der Waals surface area contributed by atoms with Crippen LogP contribution < -0.4 is 5.43 Å². The van der Waals surface area contributed by atoms with E-state index in [1.807, 2.05) is 0 Å². The summed E-state index contributed by atoms with van der Waals surface area (Å²) in [7, 11) is 0. The van der Waals surface area contributed by atoms with Crippen LogP contribution >= 0.6 is 0 Å². The van der Waals surface area contributed by atoms with Crippen LogP contribution in [0.1, 0.15) is 11.7 Å². The van der Waals surface area contributed by atoms with Gasteiger partial charge in [-0.3, -0.25) is 4.79 Å². The third-order valence-corrected chi connectivity index (χ3v) is 5.34. The van der Waals surface area contributed by atoms with Gasteiger partial charge in [0.25, 0.3) is 0 Å². The quantitative estimate of drug-likeness (QED) is 0.300. The van der Waals surface area contributed by atoms with E-state index in [1.165, 1.54) is 24.3 Å². The summed E-state index contributed by atoms with van der Waals surface area (Å²) in [6, 6.07) is 8.00. The number of phenols is 3. The Balaban J connectivity index is 1.85. The van der Waals surface area contributed by atoms with Crippen molar-refractivity contribution in [3.05, 3.63) is 52.2 Å². The first-order chi connectivity index (χ1) is 14.7. The van der Waals surface area contributed by atoms with Crippen molar-refractivity contribution >= 4 is 11.0 Å². The maximum absolute atomic E-state index is 12.7. The van der Waals surface area contributed by atoms with Gasteiger partial charge < -0.3 is 44.9 Å². The van der Waals surface area contributed by atoms with Crippen molar-refractivity contribution in [3.8, 4) is 28.6 Å². The normalized spacial score (nSPS) is 26.3. The molecule has 7 N–H and O–H groups in total. The third-order valence-electron chi connectivity index (χ3n) is 5.34. The molecule has 0 saturated carbocycles. The first kappa shape index (κ1) is 21.1. The van der Waals surface area contributed by atoms with Gasteiger partial charge >= 0.3 is 0 Å². The summed E-state index contributed by atoms with van der Waals surface area (Å²) >= 11 is 0. The van der Waals surface area contributed by atoms with Crippen LogP contribution in [0, 0.1) is 0 Å². The number of benzene rings is 2. The average molecular weight is 432 g/mol. The highest BCUT2D eigenvalue weighted by atomic mass is 16.5. The van der Waals surface area contributed by atoms with Crippen LogP contribution in [0.3, 0.4) is 0 Å². The molecule has 0 spiro atoms. The fraction of sp³-hybridized carbons (Fsp3) is 0.286. The van der Waals surface area contributed by atoms with Gasteiger partial charge in [0.2, 0.25) is 0 Å². The van der Waals surface area contributed by atoms with E-state index in [-0.39, 0.29) is 22.5 Å². The van der Waals surface area contributed by atoms with E-state index >= 15 is 0 Å². The molecule has 10 nitrogen and oxygen atoms in total. The molecule has 10 heteroatoms. The molecular weight excluding hydrogens is 412 g/mol. The number of phenolic OH excluding ortho intramolecular Hbond substituents is 3. The van der Waals surface area contributed by atoms with Crippen molar-refractivity contribution in [2.75, 3.05) is 6.61 Å². The number of aliphatic hydroxyl groups excluding tert-OH is 4. The molecule has 0 unspecified atom stereocenters. The zero-order chi connectivity index (χ0) is 22.4. The molecule has 0 aliphatic carbocycles. The van der Waals surface area contributed by atoms with E-state index in [2.05, 4.69) is 0 Å². The summed E-state index contributed by atoms with van der Waals surface area (Å²) in [6.07, 6.45) is -7.95. The molecule has 31 heavy (non-hydrogen) atoms. The molecular formula is C21H20O10. The van der Waals surface area contributed by atoms with Gasteiger partial charge in [0.15, 0.2) is 5.43 Å². The maximum atomic E-state index is 12.7. The van der Waals surface area contributed by atoms with E-state index in [9.17, 15) is 40.5 Å². The second-order valence-corrected chi connectivity index (χ2v) is 7.30. The van der Waals surface area contributed by atoms with E-state index in [0.29, 0.717) is 5.56 Å². The fourth-order valence-electron chi connectivity index (χ4n) is 3.69. The van der Waals surface area contributed by atoms with Crippen molar-refractivity contribution in [2.24, 2.45) is 0 Å². The first-order valence-corrected chi connectivity index (χ1v) is 9.35. The molecule has 0 radical (unpaired) electrons. The van der Waals surface area contributed by atoms with E-state index in [4.69, 9.17) is 9.15 Å². The molecule has 1 aromatic heterocycles. The van der Waals surface area contributed by atoms with Crippen molar-refractivity contribution in [1.29, 1.82) is 0 Å². The van der Waals surface area contributed by atoms with Crippen LogP contribution in [0.2, 0.25) is 0 Å². The Morgan fingerprint density at radius 3 is 2.23 bits per heavy atom. The second kappa shape index (κ2) is 7.84. The van der Waals surface area contributed by atoms with Crippen LogP contribution in [0.25, 0.3) is 22.3 Å². The Labute approximate surface area is 174 Å². The average Bonchev–Trinajstić information content (AvgIpc) is 2.73. The Hall–Kier alpha value is -3.15. The summed E-state index contributed by atoms with van der Waals surface area (Å²) < 4.78 is 11.0. The number of hydrogen-bond donors (Lipinski definition) is 7. The lowest BCUT2D eigenvalue weighted by Crippen LogP contribution is -2.55. The predicted octanol–water partition coefficient (Wildman–Crippen LogP) is 0.0917. The second-order valence-electron chi connectivity index (χ2n) is 7.30.